The van der Waals surface area contributed by atoms with E-state index in [0.717, 1.165) is 12.1 Å². The van der Waals surface area contributed by atoms with Crippen LogP contribution in [0.2, 0.25) is 0 Å². The number of pyridine rings is 1. The van der Waals surface area contributed by atoms with Gasteiger partial charge in [-0.25, -0.2) is 13.2 Å². The van der Waals surface area contributed by atoms with Crippen LogP contribution in [-0.4, -0.2) is 17.5 Å². The van der Waals surface area contributed by atoms with E-state index in [2.05, 4.69) is 10.3 Å². The minimum atomic E-state index is -1.64. The summed E-state index contributed by atoms with van der Waals surface area (Å²) in [5.74, 6) is -4.78. The third-order valence-corrected chi connectivity index (χ3v) is 2.31. The van der Waals surface area contributed by atoms with Crippen LogP contribution in [-0.2, 0) is 4.79 Å². The normalized spacial score (nSPS) is 10.2. The zero-order chi connectivity index (χ0) is 14.5. The highest BCUT2D eigenvalue weighted by atomic mass is 19.2. The molecule has 7 heteroatoms. The summed E-state index contributed by atoms with van der Waals surface area (Å²) >= 11 is 0. The van der Waals surface area contributed by atoms with Gasteiger partial charge >= 0.3 is 0 Å². The van der Waals surface area contributed by atoms with E-state index >= 15 is 0 Å². The molecule has 0 aliphatic heterocycles. The number of carbonyl (C=O) groups excluding carboxylic acids is 1. The first kappa shape index (κ1) is 13.9. The van der Waals surface area contributed by atoms with Gasteiger partial charge in [-0.05, 0) is 24.3 Å². The summed E-state index contributed by atoms with van der Waals surface area (Å²) in [6.07, 6.45) is 2.93. The smallest absolute Gasteiger partial charge is 0.262 e. The van der Waals surface area contributed by atoms with E-state index < -0.39 is 35.7 Å². The third kappa shape index (κ3) is 3.25. The van der Waals surface area contributed by atoms with Crippen LogP contribution in [0.15, 0.2) is 36.7 Å². The molecule has 0 saturated carbocycles. The fourth-order valence-corrected chi connectivity index (χ4v) is 1.39. The molecule has 0 bridgehead atoms. The van der Waals surface area contributed by atoms with E-state index in [0.29, 0.717) is 5.75 Å². The van der Waals surface area contributed by atoms with Gasteiger partial charge in [-0.2, -0.15) is 0 Å². The Kier molecular flexibility index (Phi) is 4.19. The summed E-state index contributed by atoms with van der Waals surface area (Å²) in [4.78, 5) is 15.3. The van der Waals surface area contributed by atoms with Gasteiger partial charge in [0.2, 0.25) is 0 Å². The third-order valence-electron chi connectivity index (χ3n) is 2.31. The summed E-state index contributed by atoms with van der Waals surface area (Å²) in [7, 11) is 0. The molecule has 0 atom stereocenters. The Hall–Kier alpha value is -2.57. The zero-order valence-electron chi connectivity index (χ0n) is 10.1. The molecular weight excluding hydrogens is 273 g/mol. The fourth-order valence-electron chi connectivity index (χ4n) is 1.39. The molecule has 2 rings (SSSR count). The molecule has 4 nitrogen and oxygen atoms in total. The van der Waals surface area contributed by atoms with Crippen molar-refractivity contribution >= 4 is 11.6 Å². The average Bonchev–Trinajstić information content (AvgIpc) is 2.47. The van der Waals surface area contributed by atoms with Gasteiger partial charge in [0.05, 0.1) is 11.9 Å². The Morgan fingerprint density at radius 2 is 2.00 bits per heavy atom. The van der Waals surface area contributed by atoms with Gasteiger partial charge in [0, 0.05) is 6.20 Å². The Bertz CT molecular complexity index is 621. The first-order valence-corrected chi connectivity index (χ1v) is 5.54. The second-order valence-corrected chi connectivity index (χ2v) is 3.75. The average molecular weight is 282 g/mol. The molecule has 1 aromatic heterocycles. The molecule has 104 valence electrons. The van der Waals surface area contributed by atoms with Crippen molar-refractivity contribution < 1.29 is 22.7 Å². The number of anilines is 1. The maximum absolute atomic E-state index is 13.3. The highest BCUT2D eigenvalue weighted by molar-refractivity contribution is 5.92. The number of nitrogens with one attached hydrogen (secondary N) is 1. The van der Waals surface area contributed by atoms with E-state index in [1.54, 1.807) is 12.1 Å². The maximum Gasteiger partial charge on any atom is 0.262 e. The second-order valence-electron chi connectivity index (χ2n) is 3.75. The van der Waals surface area contributed by atoms with Gasteiger partial charge in [-0.15, -0.1) is 0 Å². The number of nitrogens with zero attached hydrogens (tertiary/aromatic N) is 1. The van der Waals surface area contributed by atoms with Crippen LogP contribution in [0.1, 0.15) is 0 Å². The minimum Gasteiger partial charge on any atom is -0.482 e. The van der Waals surface area contributed by atoms with Gasteiger partial charge in [-0.3, -0.25) is 9.78 Å². The number of amides is 1. The van der Waals surface area contributed by atoms with Crippen molar-refractivity contribution in [2.75, 3.05) is 11.9 Å². The van der Waals surface area contributed by atoms with Gasteiger partial charge < -0.3 is 10.1 Å². The lowest BCUT2D eigenvalue weighted by Crippen LogP contribution is -2.21. The van der Waals surface area contributed by atoms with Gasteiger partial charge in [0.25, 0.3) is 5.91 Å². The standard InChI is InChI=1S/C13H9F3N2O2/c14-9-3-4-10(13(16)12(9)15)18-11(19)7-20-8-2-1-5-17-6-8/h1-6H,7H2,(H,18,19). The summed E-state index contributed by atoms with van der Waals surface area (Å²) in [5, 5.41) is 2.08. The van der Waals surface area contributed by atoms with Crippen LogP contribution in [0.5, 0.6) is 5.75 Å². The van der Waals surface area contributed by atoms with E-state index in [1.165, 1.54) is 12.4 Å². The Morgan fingerprint density at radius 3 is 2.70 bits per heavy atom. The van der Waals surface area contributed by atoms with Crippen LogP contribution >= 0.6 is 0 Å². The molecule has 0 saturated heterocycles. The first-order chi connectivity index (χ1) is 9.58. The number of benzene rings is 1. The number of rotatable bonds is 4. The molecule has 1 heterocycles. The van der Waals surface area contributed by atoms with Crippen molar-refractivity contribution in [1.82, 2.24) is 4.98 Å². The Morgan fingerprint density at radius 1 is 1.20 bits per heavy atom. The molecule has 0 aliphatic carbocycles. The molecule has 0 unspecified atom stereocenters. The van der Waals surface area contributed by atoms with Crippen molar-refractivity contribution in [3.05, 3.63) is 54.1 Å². The van der Waals surface area contributed by atoms with Gasteiger partial charge in [0.15, 0.2) is 24.1 Å². The molecule has 0 fully saturated rings. The predicted octanol–water partition coefficient (Wildman–Crippen LogP) is 2.52. The number of hydrogen-bond acceptors (Lipinski definition) is 3. The fraction of sp³-hybridized carbons (Fsp3) is 0.0769. The number of aromatic nitrogens is 1. The summed E-state index contributed by atoms with van der Waals surface area (Å²) in [5.41, 5.74) is -0.455. The summed E-state index contributed by atoms with van der Waals surface area (Å²) in [6, 6.07) is 4.84. The van der Waals surface area contributed by atoms with Crippen molar-refractivity contribution in [3.8, 4) is 5.75 Å². The largest absolute Gasteiger partial charge is 0.482 e. The SMILES string of the molecule is O=C(COc1cccnc1)Nc1ccc(F)c(F)c1F. The highest BCUT2D eigenvalue weighted by Gasteiger charge is 2.15. The molecule has 0 radical (unpaired) electrons. The van der Waals surface area contributed by atoms with E-state index in [4.69, 9.17) is 4.74 Å². The van der Waals surface area contributed by atoms with Crippen molar-refractivity contribution in [2.45, 2.75) is 0 Å². The van der Waals surface area contributed by atoms with Crippen LogP contribution in [0.25, 0.3) is 0 Å². The number of carbonyl (C=O) groups is 1. The monoisotopic (exact) mass is 282 g/mol. The Labute approximate surface area is 112 Å². The molecule has 1 amide bonds. The van der Waals surface area contributed by atoms with E-state index in [-0.39, 0.29) is 0 Å². The number of ether oxygens (including phenoxy) is 1. The summed E-state index contributed by atoms with van der Waals surface area (Å²) in [6.45, 7) is -0.413. The molecule has 20 heavy (non-hydrogen) atoms. The minimum absolute atomic E-state index is 0.355. The molecule has 2 aromatic rings. The maximum atomic E-state index is 13.3. The predicted molar refractivity (Wildman–Crippen MR) is 64.7 cm³/mol. The molecule has 1 aromatic carbocycles. The summed E-state index contributed by atoms with van der Waals surface area (Å²) < 4.78 is 44.0. The molecule has 0 spiro atoms. The quantitative estimate of drug-likeness (QED) is 0.877. The van der Waals surface area contributed by atoms with Crippen LogP contribution in [0.4, 0.5) is 18.9 Å². The van der Waals surface area contributed by atoms with Crippen molar-refractivity contribution in [2.24, 2.45) is 0 Å². The van der Waals surface area contributed by atoms with Crippen molar-refractivity contribution in [3.63, 3.8) is 0 Å². The highest BCUT2D eigenvalue weighted by Crippen LogP contribution is 2.19. The Balaban J connectivity index is 1.97. The zero-order valence-corrected chi connectivity index (χ0v) is 10.1. The lowest BCUT2D eigenvalue weighted by atomic mass is 10.3. The van der Waals surface area contributed by atoms with Gasteiger partial charge in [-0.1, -0.05) is 0 Å². The lowest BCUT2D eigenvalue weighted by Gasteiger charge is -2.08. The van der Waals surface area contributed by atoms with Crippen LogP contribution in [0.3, 0.4) is 0 Å². The van der Waals surface area contributed by atoms with Crippen molar-refractivity contribution in [1.29, 1.82) is 0 Å². The number of halogens is 3. The topological polar surface area (TPSA) is 51.2 Å². The van der Waals surface area contributed by atoms with Gasteiger partial charge in [0.1, 0.15) is 5.75 Å². The van der Waals surface area contributed by atoms with Crippen LogP contribution in [0, 0.1) is 17.5 Å². The molecule has 0 aliphatic rings. The van der Waals surface area contributed by atoms with Crippen LogP contribution < -0.4 is 10.1 Å². The van der Waals surface area contributed by atoms with E-state index in [1.807, 2.05) is 0 Å². The first-order valence-electron chi connectivity index (χ1n) is 5.54. The second kappa shape index (κ2) is 6.05. The molecule has 1 N–H and O–H groups in total. The van der Waals surface area contributed by atoms with E-state index in [9.17, 15) is 18.0 Å². The lowest BCUT2D eigenvalue weighted by molar-refractivity contribution is -0.118. The number of hydrogen-bond donors (Lipinski definition) is 1. The molecular formula is C13H9F3N2O2.